The molecule has 0 bridgehead atoms. The van der Waals surface area contributed by atoms with E-state index in [-0.39, 0.29) is 30.2 Å². The van der Waals surface area contributed by atoms with E-state index in [0.717, 1.165) is 0 Å². The Hall–Kier alpha value is -1.91. The Bertz CT molecular complexity index is 810. The van der Waals surface area contributed by atoms with Crippen LogP contribution in [0, 0.1) is 5.92 Å². The highest BCUT2D eigenvalue weighted by molar-refractivity contribution is 8.00. The quantitative estimate of drug-likeness (QED) is 0.290. The Morgan fingerprint density at radius 2 is 1.58 bits per heavy atom. The van der Waals surface area contributed by atoms with Crippen molar-refractivity contribution in [2.45, 2.75) is 75.6 Å². The summed E-state index contributed by atoms with van der Waals surface area (Å²) in [4.78, 5) is 23.2. The highest BCUT2D eigenvalue weighted by atomic mass is 32.2. The summed E-state index contributed by atoms with van der Waals surface area (Å²) < 4.78 is 85.5. The van der Waals surface area contributed by atoms with E-state index >= 15 is 0 Å². The van der Waals surface area contributed by atoms with Crippen molar-refractivity contribution in [2.75, 3.05) is 0 Å². The van der Waals surface area contributed by atoms with Crippen molar-refractivity contribution in [1.29, 1.82) is 0 Å². The molecule has 0 saturated carbocycles. The number of benzene rings is 1. The molecule has 11 heteroatoms. The molecule has 0 radical (unpaired) electrons. The number of alkyl halides is 6. The predicted molar refractivity (Wildman–Crippen MR) is 103 cm³/mol. The topological polar surface area (TPSA) is 63.6 Å². The fourth-order valence-electron chi connectivity index (χ4n) is 2.65. The monoisotopic (exact) mass is 474 g/mol. The standard InChI is InChI=1S/C20H24F6O4S/c1-10(2)6-12-13(20(24,25)26)7-11(19(21,22)23)8-14(12)31-15(17(28)29)9-16(27)30-18(3,4)5/h7-8,10,15H,6,9H2,1-5H3,(H,28,29)/t15-/m0/s1. The lowest BCUT2D eigenvalue weighted by atomic mass is 9.95. The van der Waals surface area contributed by atoms with Crippen LogP contribution in [0.1, 0.15) is 57.7 Å². The first-order valence-corrected chi connectivity index (χ1v) is 10.1. The van der Waals surface area contributed by atoms with E-state index in [9.17, 15) is 41.0 Å². The highest BCUT2D eigenvalue weighted by Gasteiger charge is 2.40. The molecule has 0 spiro atoms. The van der Waals surface area contributed by atoms with Crippen molar-refractivity contribution in [1.82, 2.24) is 0 Å². The van der Waals surface area contributed by atoms with E-state index in [4.69, 9.17) is 4.74 Å². The number of carboxylic acid groups (broad SMARTS) is 1. The molecule has 1 rings (SSSR count). The van der Waals surface area contributed by atoms with E-state index in [0.29, 0.717) is 6.07 Å². The third-order valence-corrected chi connectivity index (χ3v) is 5.04. The zero-order valence-corrected chi connectivity index (χ0v) is 18.4. The summed E-state index contributed by atoms with van der Waals surface area (Å²) in [6, 6.07) is 0.536. The van der Waals surface area contributed by atoms with Crippen LogP contribution >= 0.6 is 11.8 Å². The van der Waals surface area contributed by atoms with E-state index in [1.54, 1.807) is 13.8 Å². The molecular weight excluding hydrogens is 450 g/mol. The Balaban J connectivity index is 3.54. The van der Waals surface area contributed by atoms with E-state index in [2.05, 4.69) is 0 Å². The normalized spacial score (nSPS) is 13.9. The average Bonchev–Trinajstić information content (AvgIpc) is 2.50. The van der Waals surface area contributed by atoms with Gasteiger partial charge in [-0.05, 0) is 50.8 Å². The Morgan fingerprint density at radius 1 is 1.03 bits per heavy atom. The van der Waals surface area contributed by atoms with Crippen LogP contribution in [0.3, 0.4) is 0 Å². The summed E-state index contributed by atoms with van der Waals surface area (Å²) in [6.07, 6.45) is -11.1. The highest BCUT2D eigenvalue weighted by Crippen LogP contribution is 2.43. The SMILES string of the molecule is CC(C)Cc1c(S[C@@H](CC(=O)OC(C)(C)C)C(=O)O)cc(C(F)(F)F)cc1C(F)(F)F. The first kappa shape index (κ1) is 27.1. The lowest BCUT2D eigenvalue weighted by Gasteiger charge is -2.23. The summed E-state index contributed by atoms with van der Waals surface area (Å²) in [5.41, 5.74) is -4.39. The van der Waals surface area contributed by atoms with Crippen molar-refractivity contribution in [3.63, 3.8) is 0 Å². The first-order chi connectivity index (χ1) is 13.8. The van der Waals surface area contributed by atoms with Gasteiger partial charge in [0, 0.05) is 4.90 Å². The zero-order valence-electron chi connectivity index (χ0n) is 17.6. The van der Waals surface area contributed by atoms with Gasteiger partial charge in [-0.3, -0.25) is 9.59 Å². The average molecular weight is 474 g/mol. The number of carbonyl (C=O) groups excluding carboxylic acids is 1. The van der Waals surface area contributed by atoms with Gasteiger partial charge in [0.2, 0.25) is 0 Å². The molecule has 0 saturated heterocycles. The number of aliphatic carboxylic acids is 1. The molecule has 0 aliphatic carbocycles. The lowest BCUT2D eigenvalue weighted by molar-refractivity contribution is -0.156. The number of carboxylic acids is 1. The van der Waals surface area contributed by atoms with Gasteiger partial charge in [-0.15, -0.1) is 11.8 Å². The van der Waals surface area contributed by atoms with Crippen molar-refractivity contribution >= 4 is 23.7 Å². The van der Waals surface area contributed by atoms with Crippen LogP contribution < -0.4 is 0 Å². The molecule has 0 aliphatic rings. The van der Waals surface area contributed by atoms with Gasteiger partial charge in [0.15, 0.2) is 0 Å². The van der Waals surface area contributed by atoms with E-state index in [1.165, 1.54) is 20.8 Å². The third-order valence-electron chi connectivity index (χ3n) is 3.77. The van der Waals surface area contributed by atoms with Gasteiger partial charge in [0.25, 0.3) is 0 Å². The third kappa shape index (κ3) is 8.62. The number of thioether (sulfide) groups is 1. The molecule has 1 aromatic rings. The number of esters is 1. The van der Waals surface area contributed by atoms with E-state index in [1.807, 2.05) is 0 Å². The molecule has 176 valence electrons. The van der Waals surface area contributed by atoms with Gasteiger partial charge >= 0.3 is 24.3 Å². The van der Waals surface area contributed by atoms with Crippen LogP contribution in [0.15, 0.2) is 17.0 Å². The maximum Gasteiger partial charge on any atom is 0.416 e. The number of ether oxygens (including phenoxy) is 1. The van der Waals surface area contributed by atoms with Crippen molar-refractivity contribution in [3.05, 3.63) is 28.8 Å². The molecule has 0 heterocycles. The Labute approximate surface area is 180 Å². The minimum absolute atomic E-state index is 0.0331. The predicted octanol–water partition coefficient (Wildman–Crippen LogP) is 6.20. The van der Waals surface area contributed by atoms with Crippen LogP contribution in [0.25, 0.3) is 0 Å². The summed E-state index contributed by atoms with van der Waals surface area (Å²) in [5.74, 6) is -2.84. The van der Waals surface area contributed by atoms with Gasteiger partial charge in [0.1, 0.15) is 10.9 Å². The number of hydrogen-bond donors (Lipinski definition) is 1. The molecule has 1 aromatic carbocycles. The second-order valence-electron chi connectivity index (χ2n) is 8.33. The first-order valence-electron chi connectivity index (χ1n) is 9.24. The Morgan fingerprint density at radius 3 is 1.97 bits per heavy atom. The van der Waals surface area contributed by atoms with Crippen LogP contribution in [-0.2, 0) is 33.1 Å². The summed E-state index contributed by atoms with van der Waals surface area (Å²) in [6.45, 7) is 7.79. The smallest absolute Gasteiger partial charge is 0.416 e. The minimum atomic E-state index is -5.08. The van der Waals surface area contributed by atoms with Gasteiger partial charge in [-0.2, -0.15) is 26.3 Å². The zero-order chi connectivity index (χ0) is 24.4. The van der Waals surface area contributed by atoms with Gasteiger partial charge < -0.3 is 9.84 Å². The molecule has 0 aliphatic heterocycles. The summed E-state index contributed by atoms with van der Waals surface area (Å²) in [5, 5.41) is 7.81. The fraction of sp³-hybridized carbons (Fsp3) is 0.600. The number of hydrogen-bond acceptors (Lipinski definition) is 4. The summed E-state index contributed by atoms with van der Waals surface area (Å²) in [7, 11) is 0. The molecule has 0 aromatic heterocycles. The molecule has 1 N–H and O–H groups in total. The molecule has 1 atom stereocenters. The Kier molecular flexibility index (Phi) is 8.49. The second-order valence-corrected chi connectivity index (χ2v) is 9.57. The molecule has 4 nitrogen and oxygen atoms in total. The van der Waals surface area contributed by atoms with Crippen molar-refractivity contribution < 1.29 is 45.8 Å². The fourth-order valence-corrected chi connectivity index (χ4v) is 3.81. The maximum atomic E-state index is 13.6. The van der Waals surface area contributed by atoms with Gasteiger partial charge in [0.05, 0.1) is 17.5 Å². The molecular formula is C20H24F6O4S. The van der Waals surface area contributed by atoms with Crippen molar-refractivity contribution in [3.8, 4) is 0 Å². The minimum Gasteiger partial charge on any atom is -0.480 e. The van der Waals surface area contributed by atoms with Gasteiger partial charge in [-0.25, -0.2) is 0 Å². The second kappa shape index (κ2) is 9.70. The maximum absolute atomic E-state index is 13.6. The summed E-state index contributed by atoms with van der Waals surface area (Å²) >= 11 is 0.280. The molecule has 31 heavy (non-hydrogen) atoms. The lowest BCUT2D eigenvalue weighted by Crippen LogP contribution is -2.28. The van der Waals surface area contributed by atoms with Crippen LogP contribution in [0.4, 0.5) is 26.3 Å². The molecule has 0 unspecified atom stereocenters. The van der Waals surface area contributed by atoms with Crippen LogP contribution in [-0.4, -0.2) is 27.9 Å². The number of carbonyl (C=O) groups is 2. The van der Waals surface area contributed by atoms with Crippen LogP contribution in [0.5, 0.6) is 0 Å². The van der Waals surface area contributed by atoms with Crippen molar-refractivity contribution in [2.24, 2.45) is 5.92 Å². The number of halogens is 6. The molecule has 0 fully saturated rings. The van der Waals surface area contributed by atoms with E-state index < -0.39 is 63.1 Å². The van der Waals surface area contributed by atoms with Gasteiger partial charge in [-0.1, -0.05) is 13.8 Å². The van der Waals surface area contributed by atoms with Crippen LogP contribution in [0.2, 0.25) is 0 Å². The molecule has 0 amide bonds. The largest absolute Gasteiger partial charge is 0.480 e. The number of rotatable bonds is 7.